The van der Waals surface area contributed by atoms with Crippen molar-refractivity contribution in [1.82, 2.24) is 4.90 Å². The van der Waals surface area contributed by atoms with E-state index in [1.165, 1.54) is 110 Å². The zero-order valence-electron chi connectivity index (χ0n) is 24.2. The molecule has 0 aromatic heterocycles. The van der Waals surface area contributed by atoms with Crippen molar-refractivity contribution in [3.05, 3.63) is 0 Å². The minimum Gasteiger partial charge on any atom is -0.466 e. The van der Waals surface area contributed by atoms with Crippen LogP contribution in [0.1, 0.15) is 136 Å². The Labute approximate surface area is 223 Å². The summed E-state index contributed by atoms with van der Waals surface area (Å²) in [6.07, 6.45) is 24.4. The first kappa shape index (κ1) is 34.9. The maximum absolute atomic E-state index is 12.0. The lowest BCUT2D eigenvalue weighted by atomic mass is 10.0. The van der Waals surface area contributed by atoms with Gasteiger partial charge < -0.3 is 19.1 Å². The summed E-state index contributed by atoms with van der Waals surface area (Å²) in [5.41, 5.74) is 0. The first-order valence-corrected chi connectivity index (χ1v) is 15.1. The summed E-state index contributed by atoms with van der Waals surface area (Å²) in [7, 11) is 1.62. The van der Waals surface area contributed by atoms with Gasteiger partial charge in [-0.3, -0.25) is 9.59 Å². The topological polar surface area (TPSA) is 65.1 Å². The minimum atomic E-state index is -0.228. The smallest absolute Gasteiger partial charge is 0.307 e. The van der Waals surface area contributed by atoms with Gasteiger partial charge in [-0.1, -0.05) is 116 Å². The summed E-state index contributed by atoms with van der Waals surface area (Å²) in [4.78, 5) is 25.3. The lowest BCUT2D eigenvalue weighted by molar-refractivity contribution is -0.144. The van der Waals surface area contributed by atoms with Crippen LogP contribution in [0, 0.1) is 0 Å². The Morgan fingerprint density at radius 1 is 0.583 bits per heavy atom. The van der Waals surface area contributed by atoms with E-state index in [1.54, 1.807) is 12.0 Å². The quantitative estimate of drug-likeness (QED) is 0.0802. The molecule has 0 atom stereocenters. The number of methoxy groups -OCH3 is 1. The van der Waals surface area contributed by atoms with Crippen molar-refractivity contribution < 1.29 is 23.8 Å². The zero-order chi connectivity index (χ0) is 26.5. The molecule has 1 amide bonds. The van der Waals surface area contributed by atoms with Gasteiger partial charge in [0.05, 0.1) is 32.8 Å². The molecule has 0 radical (unpaired) electrons. The van der Waals surface area contributed by atoms with Crippen LogP contribution in [0.2, 0.25) is 0 Å². The summed E-state index contributed by atoms with van der Waals surface area (Å²) in [6, 6.07) is 0. The molecule has 6 nitrogen and oxygen atoms in total. The van der Waals surface area contributed by atoms with Gasteiger partial charge in [0.15, 0.2) is 0 Å². The average Bonchev–Trinajstić information content (AvgIpc) is 2.86. The van der Waals surface area contributed by atoms with Gasteiger partial charge in [-0.2, -0.15) is 0 Å². The number of unbranched alkanes of at least 4 members (excludes halogenated alkanes) is 17. The van der Waals surface area contributed by atoms with Crippen LogP contribution in [-0.4, -0.2) is 63.4 Å². The number of hydrogen-bond donors (Lipinski definition) is 0. The molecule has 0 aliphatic rings. The first-order valence-electron chi connectivity index (χ1n) is 15.1. The van der Waals surface area contributed by atoms with Crippen LogP contribution in [0.3, 0.4) is 0 Å². The second-order valence-electron chi connectivity index (χ2n) is 10.1. The van der Waals surface area contributed by atoms with Gasteiger partial charge in [0, 0.05) is 27.1 Å². The van der Waals surface area contributed by atoms with E-state index in [1.807, 2.05) is 0 Å². The molecule has 0 bridgehead atoms. The third-order valence-corrected chi connectivity index (χ3v) is 6.73. The molecule has 0 saturated heterocycles. The molecule has 0 aliphatic heterocycles. The summed E-state index contributed by atoms with van der Waals surface area (Å²) in [6.45, 7) is 6.61. The van der Waals surface area contributed by atoms with Crippen LogP contribution in [-0.2, 0) is 23.8 Å². The predicted octanol–water partition coefficient (Wildman–Crippen LogP) is 7.47. The van der Waals surface area contributed by atoms with Crippen LogP contribution < -0.4 is 0 Å². The Morgan fingerprint density at radius 2 is 1.06 bits per heavy atom. The van der Waals surface area contributed by atoms with E-state index in [-0.39, 0.29) is 18.3 Å². The highest BCUT2D eigenvalue weighted by Gasteiger charge is 2.11. The molecule has 0 N–H and O–H groups in total. The van der Waals surface area contributed by atoms with Crippen molar-refractivity contribution in [1.29, 1.82) is 0 Å². The molecule has 36 heavy (non-hydrogen) atoms. The molecule has 0 saturated carbocycles. The van der Waals surface area contributed by atoms with E-state index in [4.69, 9.17) is 14.2 Å². The second kappa shape index (κ2) is 28.4. The lowest BCUT2D eigenvalue weighted by Crippen LogP contribution is -2.34. The molecule has 0 fully saturated rings. The number of ether oxygens (including phenoxy) is 3. The highest BCUT2D eigenvalue weighted by atomic mass is 16.5. The molecule has 0 aromatic carbocycles. The Morgan fingerprint density at radius 3 is 1.50 bits per heavy atom. The molecule has 0 spiro atoms. The zero-order valence-corrected chi connectivity index (χ0v) is 24.2. The van der Waals surface area contributed by atoms with E-state index in [0.29, 0.717) is 39.5 Å². The molecule has 0 aliphatic carbocycles. The van der Waals surface area contributed by atoms with E-state index in [2.05, 4.69) is 6.92 Å². The largest absolute Gasteiger partial charge is 0.466 e. The Kier molecular flexibility index (Phi) is 27.5. The van der Waals surface area contributed by atoms with Crippen molar-refractivity contribution in [3.63, 3.8) is 0 Å². The monoisotopic (exact) mass is 513 g/mol. The summed E-state index contributed by atoms with van der Waals surface area (Å²) in [5.74, 6) is -0.282. The van der Waals surface area contributed by atoms with Crippen molar-refractivity contribution >= 4 is 11.9 Å². The number of amides is 1. The number of nitrogens with zero attached hydrogens (tertiary/aromatic N) is 1. The molecule has 214 valence electrons. The Bertz CT molecular complexity index is 486. The molecular weight excluding hydrogens is 454 g/mol. The summed E-state index contributed by atoms with van der Waals surface area (Å²) >= 11 is 0. The summed E-state index contributed by atoms with van der Waals surface area (Å²) < 4.78 is 15.7. The van der Waals surface area contributed by atoms with Crippen molar-refractivity contribution in [3.8, 4) is 0 Å². The minimum absolute atomic E-state index is 0.0540. The second-order valence-corrected chi connectivity index (χ2v) is 10.1. The van der Waals surface area contributed by atoms with Crippen molar-refractivity contribution in [2.24, 2.45) is 0 Å². The van der Waals surface area contributed by atoms with Gasteiger partial charge >= 0.3 is 5.97 Å². The van der Waals surface area contributed by atoms with Crippen molar-refractivity contribution in [2.45, 2.75) is 136 Å². The third-order valence-electron chi connectivity index (χ3n) is 6.73. The van der Waals surface area contributed by atoms with Crippen LogP contribution in [0.15, 0.2) is 0 Å². The van der Waals surface area contributed by atoms with E-state index < -0.39 is 0 Å². The Hall–Kier alpha value is -1.14. The molecule has 0 rings (SSSR count). The number of rotatable bonds is 28. The van der Waals surface area contributed by atoms with E-state index in [0.717, 1.165) is 12.8 Å². The fourth-order valence-corrected chi connectivity index (χ4v) is 4.33. The van der Waals surface area contributed by atoms with Gasteiger partial charge in [-0.05, 0) is 6.42 Å². The first-order chi connectivity index (χ1) is 17.6. The molecule has 0 unspecified atom stereocenters. The maximum Gasteiger partial charge on any atom is 0.307 e. The highest BCUT2D eigenvalue weighted by molar-refractivity contribution is 5.75. The molecule has 6 heteroatoms. The predicted molar refractivity (Wildman–Crippen MR) is 149 cm³/mol. The lowest BCUT2D eigenvalue weighted by Gasteiger charge is -2.20. The number of carbonyl (C=O) groups excluding carboxylic acids is 2. The molecular formula is C30H59NO5. The van der Waals surface area contributed by atoms with Crippen LogP contribution >= 0.6 is 0 Å². The number of carbonyl (C=O) groups is 2. The Balaban J connectivity index is 3.39. The van der Waals surface area contributed by atoms with Crippen molar-refractivity contribution in [2.75, 3.05) is 46.6 Å². The fourth-order valence-electron chi connectivity index (χ4n) is 4.33. The van der Waals surface area contributed by atoms with Gasteiger partial charge in [0.1, 0.15) is 0 Å². The van der Waals surface area contributed by atoms with E-state index >= 15 is 0 Å². The fraction of sp³-hybridized carbons (Fsp3) is 0.933. The average molecular weight is 514 g/mol. The summed E-state index contributed by atoms with van der Waals surface area (Å²) in [5, 5.41) is 0. The number of hydrogen-bond acceptors (Lipinski definition) is 5. The maximum atomic E-state index is 12.0. The van der Waals surface area contributed by atoms with Crippen LogP contribution in [0.25, 0.3) is 0 Å². The third kappa shape index (κ3) is 25.9. The molecule has 0 heterocycles. The molecule has 0 aromatic rings. The normalized spacial score (nSPS) is 11.1. The van der Waals surface area contributed by atoms with Gasteiger partial charge in [0.2, 0.25) is 5.91 Å². The van der Waals surface area contributed by atoms with Crippen LogP contribution in [0.5, 0.6) is 0 Å². The van der Waals surface area contributed by atoms with Gasteiger partial charge in [0.25, 0.3) is 0 Å². The number of esters is 1. The highest BCUT2D eigenvalue weighted by Crippen LogP contribution is 2.14. The van der Waals surface area contributed by atoms with E-state index in [9.17, 15) is 9.59 Å². The SMILES string of the molecule is CCCCCCCCCCCCCCCCCCCCOC(=O)CCN(CCOCCOC)C(C)=O. The van der Waals surface area contributed by atoms with Gasteiger partial charge in [-0.25, -0.2) is 0 Å². The van der Waals surface area contributed by atoms with Crippen LogP contribution in [0.4, 0.5) is 0 Å². The van der Waals surface area contributed by atoms with Gasteiger partial charge in [-0.15, -0.1) is 0 Å². The standard InChI is InChI=1S/C30H59NO5/c1-4-5-6-7-8-9-10-11-12-13-14-15-16-17-18-19-20-21-25-36-30(33)22-23-31(29(2)32)24-26-35-28-27-34-3/h4-28H2,1-3H3.